The summed E-state index contributed by atoms with van der Waals surface area (Å²) in [6, 6.07) is 0. The first-order chi connectivity index (χ1) is 9.31. The van der Waals surface area contributed by atoms with E-state index in [1.807, 2.05) is 0 Å². The highest BCUT2D eigenvalue weighted by Crippen LogP contribution is 2.33. The third-order valence-corrected chi connectivity index (χ3v) is 3.86. The van der Waals surface area contributed by atoms with E-state index < -0.39 is 0 Å². The minimum absolute atomic E-state index is 0.0342. The molecule has 0 N–H and O–H groups in total. The maximum Gasteiger partial charge on any atom is 0.163 e. The van der Waals surface area contributed by atoms with Gasteiger partial charge in [0.2, 0.25) is 0 Å². The number of hydrogen-bond donors (Lipinski definition) is 0. The molecule has 0 aliphatic carbocycles. The van der Waals surface area contributed by atoms with Crippen LogP contribution >= 0.6 is 0 Å². The topological polar surface area (TPSA) is 18.5 Å². The molecule has 0 radical (unpaired) electrons. The Morgan fingerprint density at radius 3 is 2.50 bits per heavy atom. The Morgan fingerprint density at radius 1 is 1.20 bits per heavy atom. The molecule has 1 heterocycles. The van der Waals surface area contributed by atoms with Crippen LogP contribution in [0.2, 0.25) is 0 Å². The standard InChI is InChI=1S/C18H32O2/c1-14(2)8-7-9-15(3)10-12-18(5,6)17-19-13-11-16(4)20-17/h8,10,16-17H,7,9,11-13H2,1-6H3/b15-10-/t16-,17-/m1/s1. The van der Waals surface area contributed by atoms with Gasteiger partial charge in [-0.15, -0.1) is 0 Å². The van der Waals surface area contributed by atoms with E-state index in [0.717, 1.165) is 32.3 Å². The molecule has 2 nitrogen and oxygen atoms in total. The molecule has 1 saturated heterocycles. The second kappa shape index (κ2) is 7.99. The summed E-state index contributed by atoms with van der Waals surface area (Å²) in [6.07, 6.45) is 9.18. The first-order valence-corrected chi connectivity index (χ1v) is 7.87. The summed E-state index contributed by atoms with van der Waals surface area (Å²) in [6.45, 7) is 13.9. The molecule has 0 saturated carbocycles. The molecule has 1 rings (SSSR count). The Labute approximate surface area is 125 Å². The van der Waals surface area contributed by atoms with Crippen molar-refractivity contribution in [2.75, 3.05) is 6.61 Å². The van der Waals surface area contributed by atoms with Gasteiger partial charge in [0.15, 0.2) is 6.29 Å². The Hall–Kier alpha value is -0.600. The smallest absolute Gasteiger partial charge is 0.163 e. The minimum Gasteiger partial charge on any atom is -0.352 e. The number of hydrogen-bond acceptors (Lipinski definition) is 2. The quantitative estimate of drug-likeness (QED) is 0.619. The average molecular weight is 280 g/mol. The summed E-state index contributed by atoms with van der Waals surface area (Å²) in [5.41, 5.74) is 2.89. The lowest BCUT2D eigenvalue weighted by Gasteiger charge is -2.38. The van der Waals surface area contributed by atoms with Gasteiger partial charge in [0, 0.05) is 5.41 Å². The highest BCUT2D eigenvalue weighted by molar-refractivity contribution is 5.03. The van der Waals surface area contributed by atoms with Crippen LogP contribution in [0, 0.1) is 5.41 Å². The van der Waals surface area contributed by atoms with Gasteiger partial charge >= 0.3 is 0 Å². The van der Waals surface area contributed by atoms with Gasteiger partial charge in [-0.1, -0.05) is 37.1 Å². The van der Waals surface area contributed by atoms with Crippen molar-refractivity contribution in [3.63, 3.8) is 0 Å². The molecule has 1 aliphatic heterocycles. The van der Waals surface area contributed by atoms with Crippen LogP contribution in [-0.2, 0) is 9.47 Å². The van der Waals surface area contributed by atoms with Gasteiger partial charge in [-0.25, -0.2) is 0 Å². The summed E-state index contributed by atoms with van der Waals surface area (Å²) in [4.78, 5) is 0. The lowest BCUT2D eigenvalue weighted by atomic mass is 9.86. The zero-order valence-corrected chi connectivity index (χ0v) is 14.2. The number of allylic oxidation sites excluding steroid dienone is 4. The molecule has 0 aromatic carbocycles. The van der Waals surface area contributed by atoms with Crippen molar-refractivity contribution in [2.45, 2.75) is 79.6 Å². The molecule has 1 aliphatic rings. The van der Waals surface area contributed by atoms with Gasteiger partial charge in [-0.3, -0.25) is 0 Å². The molecule has 0 spiro atoms. The normalized spacial score (nSPS) is 24.6. The van der Waals surface area contributed by atoms with Crippen LogP contribution in [0.25, 0.3) is 0 Å². The molecule has 20 heavy (non-hydrogen) atoms. The number of rotatable bonds is 6. The van der Waals surface area contributed by atoms with Crippen LogP contribution in [0.4, 0.5) is 0 Å². The fourth-order valence-corrected chi connectivity index (χ4v) is 2.29. The molecular weight excluding hydrogens is 248 g/mol. The van der Waals surface area contributed by atoms with Crippen molar-refractivity contribution < 1.29 is 9.47 Å². The summed E-state index contributed by atoms with van der Waals surface area (Å²) >= 11 is 0. The molecule has 2 heteroatoms. The van der Waals surface area contributed by atoms with Crippen molar-refractivity contribution >= 4 is 0 Å². The Morgan fingerprint density at radius 2 is 1.90 bits per heavy atom. The Balaban J connectivity index is 2.46. The lowest BCUT2D eigenvalue weighted by molar-refractivity contribution is -0.251. The fourth-order valence-electron chi connectivity index (χ4n) is 2.29. The molecule has 0 aromatic rings. The summed E-state index contributed by atoms with van der Waals surface area (Å²) in [7, 11) is 0. The van der Waals surface area contributed by atoms with Crippen molar-refractivity contribution in [3.05, 3.63) is 23.3 Å². The summed E-state index contributed by atoms with van der Waals surface area (Å²) < 4.78 is 11.7. The van der Waals surface area contributed by atoms with E-state index in [9.17, 15) is 0 Å². The van der Waals surface area contributed by atoms with Gasteiger partial charge in [0.05, 0.1) is 12.7 Å². The van der Waals surface area contributed by atoms with E-state index in [0.29, 0.717) is 6.10 Å². The largest absolute Gasteiger partial charge is 0.352 e. The fraction of sp³-hybridized carbons (Fsp3) is 0.778. The van der Waals surface area contributed by atoms with E-state index in [2.05, 4.69) is 53.7 Å². The molecular formula is C18H32O2. The van der Waals surface area contributed by atoms with Crippen molar-refractivity contribution in [1.29, 1.82) is 0 Å². The van der Waals surface area contributed by atoms with Crippen LogP contribution in [0.5, 0.6) is 0 Å². The van der Waals surface area contributed by atoms with Crippen molar-refractivity contribution in [3.8, 4) is 0 Å². The van der Waals surface area contributed by atoms with Crippen LogP contribution in [-0.4, -0.2) is 19.0 Å². The van der Waals surface area contributed by atoms with E-state index in [-0.39, 0.29) is 11.7 Å². The zero-order valence-electron chi connectivity index (χ0n) is 14.2. The van der Waals surface area contributed by atoms with Gasteiger partial charge in [0.1, 0.15) is 0 Å². The van der Waals surface area contributed by atoms with Gasteiger partial charge < -0.3 is 9.47 Å². The zero-order chi connectivity index (χ0) is 15.2. The third kappa shape index (κ3) is 6.23. The Kier molecular flexibility index (Phi) is 6.97. The minimum atomic E-state index is -0.0758. The monoisotopic (exact) mass is 280 g/mol. The number of ether oxygens (including phenoxy) is 2. The molecule has 0 unspecified atom stereocenters. The molecule has 0 aromatic heterocycles. The SMILES string of the molecule is CC(C)=CCC/C(C)=C\CC(C)(C)[C@@H]1OCC[C@@H](C)O1. The van der Waals surface area contributed by atoms with Crippen molar-refractivity contribution in [2.24, 2.45) is 5.41 Å². The van der Waals surface area contributed by atoms with Gasteiger partial charge in [-0.05, 0) is 53.4 Å². The van der Waals surface area contributed by atoms with Crippen LogP contribution in [0.3, 0.4) is 0 Å². The third-order valence-electron chi connectivity index (χ3n) is 3.86. The summed E-state index contributed by atoms with van der Waals surface area (Å²) in [5, 5.41) is 0. The van der Waals surface area contributed by atoms with Crippen LogP contribution in [0.1, 0.15) is 67.2 Å². The van der Waals surface area contributed by atoms with E-state index in [1.54, 1.807) is 0 Å². The first-order valence-electron chi connectivity index (χ1n) is 7.87. The molecule has 1 fully saturated rings. The van der Waals surface area contributed by atoms with E-state index in [1.165, 1.54) is 11.1 Å². The molecule has 116 valence electrons. The van der Waals surface area contributed by atoms with E-state index >= 15 is 0 Å². The van der Waals surface area contributed by atoms with Crippen LogP contribution < -0.4 is 0 Å². The first kappa shape index (κ1) is 17.5. The van der Waals surface area contributed by atoms with Crippen LogP contribution in [0.15, 0.2) is 23.3 Å². The van der Waals surface area contributed by atoms with E-state index in [4.69, 9.17) is 9.47 Å². The summed E-state index contributed by atoms with van der Waals surface area (Å²) in [5.74, 6) is 0. The maximum absolute atomic E-state index is 5.93. The lowest BCUT2D eigenvalue weighted by Crippen LogP contribution is -2.41. The highest BCUT2D eigenvalue weighted by atomic mass is 16.7. The highest BCUT2D eigenvalue weighted by Gasteiger charge is 2.34. The molecule has 0 amide bonds. The van der Waals surface area contributed by atoms with Crippen molar-refractivity contribution in [1.82, 2.24) is 0 Å². The van der Waals surface area contributed by atoms with Gasteiger partial charge in [-0.2, -0.15) is 0 Å². The maximum atomic E-state index is 5.93. The predicted octanol–water partition coefficient (Wildman–Crippen LogP) is 5.25. The molecule has 2 atom stereocenters. The second-order valence-electron chi connectivity index (χ2n) is 7.00. The average Bonchev–Trinajstić information content (AvgIpc) is 2.36. The molecule has 0 bridgehead atoms. The van der Waals surface area contributed by atoms with Gasteiger partial charge in [0.25, 0.3) is 0 Å². The second-order valence-corrected chi connectivity index (χ2v) is 7.00. The Bertz CT molecular complexity index is 348. The predicted molar refractivity (Wildman–Crippen MR) is 85.7 cm³/mol.